The molecule has 2 rings (SSSR count). The molecule has 0 radical (unpaired) electrons. The van der Waals surface area contributed by atoms with E-state index in [0.29, 0.717) is 0 Å². The molecule has 0 unspecified atom stereocenters. The zero-order valence-corrected chi connectivity index (χ0v) is 27.6. The largest absolute Gasteiger partial charge is 1.00 e. The van der Waals surface area contributed by atoms with Crippen LogP contribution in [0.4, 0.5) is 0 Å². The molecule has 0 atom stereocenters. The molecule has 0 saturated heterocycles. The molecule has 0 bridgehead atoms. The quantitative estimate of drug-likeness (QED) is 0.0834. The molecule has 0 aromatic heterocycles. The van der Waals surface area contributed by atoms with Crippen LogP contribution in [0.25, 0.3) is 0 Å². The second kappa shape index (κ2) is 24.2. The normalized spacial score (nSPS) is 11.4. The molecule has 38 heavy (non-hydrogen) atoms. The van der Waals surface area contributed by atoms with Gasteiger partial charge in [-0.05, 0) is 49.9 Å². The molecule has 0 saturated carbocycles. The van der Waals surface area contributed by atoms with Gasteiger partial charge in [-0.25, -0.2) is 0 Å². The predicted octanol–water partition coefficient (Wildman–Crippen LogP) is 8.50. The van der Waals surface area contributed by atoms with Crippen molar-refractivity contribution in [2.24, 2.45) is 0 Å². The van der Waals surface area contributed by atoms with Crippen LogP contribution in [-0.2, 0) is 0 Å². The lowest BCUT2D eigenvalue weighted by Crippen LogP contribution is -3.00. The highest BCUT2D eigenvalue weighted by atomic mass is 79.9. The maximum absolute atomic E-state index is 2.45. The maximum Gasteiger partial charge on any atom is 0.0991 e. The van der Waals surface area contributed by atoms with E-state index in [4.69, 9.17) is 0 Å². The molecule has 0 nitrogen and oxygen atoms in total. The van der Waals surface area contributed by atoms with E-state index in [9.17, 15) is 0 Å². The van der Waals surface area contributed by atoms with E-state index in [2.05, 4.69) is 74.5 Å². The molecule has 0 aliphatic carbocycles. The Kier molecular flexibility index (Phi) is 22.5. The Bertz CT molecular complexity index is 679. The first-order chi connectivity index (χ1) is 18.3. The summed E-state index contributed by atoms with van der Waals surface area (Å²) < 4.78 is 0. The van der Waals surface area contributed by atoms with Crippen LogP contribution in [0.15, 0.2) is 60.7 Å². The molecule has 0 amide bonds. The number of rotatable bonds is 24. The van der Waals surface area contributed by atoms with Gasteiger partial charge < -0.3 is 17.0 Å². The van der Waals surface area contributed by atoms with E-state index in [0.717, 1.165) is 0 Å². The third-order valence-electron chi connectivity index (χ3n) is 8.29. The molecule has 0 aliphatic heterocycles. The first-order valence-electron chi connectivity index (χ1n) is 16.3. The van der Waals surface area contributed by atoms with Gasteiger partial charge in [-0.3, -0.25) is 0 Å². The maximum atomic E-state index is 2.45. The van der Waals surface area contributed by atoms with Crippen molar-refractivity contribution < 1.29 is 17.0 Å². The van der Waals surface area contributed by atoms with Gasteiger partial charge in [-0.2, -0.15) is 0 Å². The topological polar surface area (TPSA) is 0 Å². The molecule has 216 valence electrons. The molecule has 0 N–H and O–H groups in total. The van der Waals surface area contributed by atoms with E-state index < -0.39 is 7.26 Å². The molecule has 0 fully saturated rings. The Balaban J connectivity index is 0.00000722. The van der Waals surface area contributed by atoms with Gasteiger partial charge in [0.2, 0.25) is 0 Å². The highest BCUT2D eigenvalue weighted by molar-refractivity contribution is 7.89. The van der Waals surface area contributed by atoms with Gasteiger partial charge >= 0.3 is 0 Å². The van der Waals surface area contributed by atoms with E-state index in [1.807, 2.05) is 0 Å². The number of halogens is 1. The summed E-state index contributed by atoms with van der Waals surface area (Å²) in [5.74, 6) is 0. The summed E-state index contributed by atoms with van der Waals surface area (Å²) in [5, 5.41) is 3.29. The van der Waals surface area contributed by atoms with Gasteiger partial charge in [0.15, 0.2) is 0 Å². The van der Waals surface area contributed by atoms with Crippen molar-refractivity contribution in [1.82, 2.24) is 0 Å². The van der Waals surface area contributed by atoms with Gasteiger partial charge in [-0.1, -0.05) is 153 Å². The summed E-state index contributed by atoms with van der Waals surface area (Å²) in [6.07, 6.45) is 31.2. The van der Waals surface area contributed by atoms with Gasteiger partial charge in [-0.15, -0.1) is 0 Å². The van der Waals surface area contributed by atoms with Crippen molar-refractivity contribution in [3.05, 3.63) is 60.7 Å². The number of benzene rings is 2. The predicted molar refractivity (Wildman–Crippen MR) is 172 cm³/mol. The molecule has 0 aliphatic rings. The molecule has 2 heteroatoms. The zero-order valence-electron chi connectivity index (χ0n) is 25.2. The third-order valence-corrected chi connectivity index (χ3v) is 13.0. The van der Waals surface area contributed by atoms with Crippen molar-refractivity contribution in [3.8, 4) is 0 Å². The van der Waals surface area contributed by atoms with Gasteiger partial charge in [0, 0.05) is 0 Å². The number of hydrogen-bond acceptors (Lipinski definition) is 0. The summed E-state index contributed by atoms with van der Waals surface area (Å²) in [5.41, 5.74) is 0. The minimum Gasteiger partial charge on any atom is -1.00 e. The lowest BCUT2D eigenvalue weighted by Gasteiger charge is -2.28. The third kappa shape index (κ3) is 14.7. The Hall–Kier alpha value is -0.650. The highest BCUT2D eigenvalue weighted by Crippen LogP contribution is 2.57. The van der Waals surface area contributed by atoms with Crippen LogP contribution in [0.1, 0.15) is 142 Å². The highest BCUT2D eigenvalue weighted by Gasteiger charge is 2.41. The molecule has 2 aromatic rings. The van der Waals surface area contributed by atoms with Crippen molar-refractivity contribution in [2.75, 3.05) is 12.3 Å². The van der Waals surface area contributed by atoms with Gasteiger partial charge in [0.25, 0.3) is 0 Å². The zero-order chi connectivity index (χ0) is 26.3. The standard InChI is InChI=1S/C36H60P.BrH/c1-3-5-7-9-11-13-15-17-19-27-33-37(35-29-23-21-24-30-35,36-31-25-22-26-32-36)34-28-20-18-16-14-12-10-8-6-4-2;/h21-26,29-32H,3-20,27-28,33-34H2,1-2H3;1H/q+1;/p-1. The van der Waals surface area contributed by atoms with Crippen LogP contribution in [0, 0.1) is 0 Å². The summed E-state index contributed by atoms with van der Waals surface area (Å²) in [6, 6.07) is 23.3. The van der Waals surface area contributed by atoms with E-state index in [-0.39, 0.29) is 17.0 Å². The Morgan fingerprint density at radius 3 is 0.921 bits per heavy atom. The summed E-state index contributed by atoms with van der Waals surface area (Å²) in [4.78, 5) is 0. The molecule has 0 heterocycles. The van der Waals surface area contributed by atoms with Crippen LogP contribution in [0.2, 0.25) is 0 Å². The van der Waals surface area contributed by atoms with Gasteiger partial charge in [0.05, 0.1) is 30.2 Å². The Morgan fingerprint density at radius 2 is 0.632 bits per heavy atom. The molecule has 0 spiro atoms. The lowest BCUT2D eigenvalue weighted by atomic mass is 10.1. The van der Waals surface area contributed by atoms with E-state index >= 15 is 0 Å². The monoisotopic (exact) mass is 602 g/mol. The van der Waals surface area contributed by atoms with Crippen LogP contribution >= 0.6 is 7.26 Å². The van der Waals surface area contributed by atoms with Crippen molar-refractivity contribution in [1.29, 1.82) is 0 Å². The molecular formula is C36H60BrP. The average molecular weight is 604 g/mol. The second-order valence-electron chi connectivity index (χ2n) is 11.5. The minimum absolute atomic E-state index is 0. The van der Waals surface area contributed by atoms with Crippen LogP contribution in [-0.4, -0.2) is 12.3 Å². The average Bonchev–Trinajstić information content (AvgIpc) is 2.95. The summed E-state index contributed by atoms with van der Waals surface area (Å²) >= 11 is 0. The minimum atomic E-state index is -1.35. The lowest BCUT2D eigenvalue weighted by molar-refractivity contribution is -0.00000788. The first kappa shape index (κ1) is 35.4. The Morgan fingerprint density at radius 1 is 0.368 bits per heavy atom. The fourth-order valence-electron chi connectivity index (χ4n) is 5.94. The van der Waals surface area contributed by atoms with Gasteiger partial charge in [0.1, 0.15) is 0 Å². The van der Waals surface area contributed by atoms with E-state index in [1.165, 1.54) is 141 Å². The number of hydrogen-bond donors (Lipinski definition) is 0. The van der Waals surface area contributed by atoms with Crippen LogP contribution < -0.4 is 27.6 Å². The van der Waals surface area contributed by atoms with Crippen molar-refractivity contribution in [3.63, 3.8) is 0 Å². The van der Waals surface area contributed by atoms with Crippen molar-refractivity contribution >= 4 is 17.9 Å². The fraction of sp³-hybridized carbons (Fsp3) is 0.667. The van der Waals surface area contributed by atoms with Crippen LogP contribution in [0.3, 0.4) is 0 Å². The summed E-state index contributed by atoms with van der Waals surface area (Å²) in [6.45, 7) is 4.62. The molecular weight excluding hydrogens is 543 g/mol. The summed E-state index contributed by atoms with van der Waals surface area (Å²) in [7, 11) is -1.35. The Labute approximate surface area is 249 Å². The SMILES string of the molecule is CCCCCCCCCCCC[P+](CCCCCCCCCCCC)(c1ccccc1)c1ccccc1.[Br-]. The fourth-order valence-corrected chi connectivity index (χ4v) is 10.5. The smallest absolute Gasteiger partial charge is 0.0991 e. The van der Waals surface area contributed by atoms with Crippen LogP contribution in [0.5, 0.6) is 0 Å². The van der Waals surface area contributed by atoms with Crippen molar-refractivity contribution in [2.45, 2.75) is 142 Å². The molecule has 2 aromatic carbocycles. The second-order valence-corrected chi connectivity index (χ2v) is 15.3. The van der Waals surface area contributed by atoms with E-state index in [1.54, 1.807) is 10.6 Å². The number of unbranched alkanes of at least 4 members (excludes halogenated alkanes) is 18. The first-order valence-corrected chi connectivity index (χ1v) is 18.5.